The van der Waals surface area contributed by atoms with Crippen LogP contribution in [0.2, 0.25) is 0 Å². The molecule has 4 heteroatoms. The number of hydrogen-bond donors (Lipinski definition) is 0. The van der Waals surface area contributed by atoms with E-state index >= 15 is 0 Å². The summed E-state index contributed by atoms with van der Waals surface area (Å²) in [6.45, 7) is 2.14. The number of hydrogen-bond acceptors (Lipinski definition) is 3. The van der Waals surface area contributed by atoms with E-state index in [4.69, 9.17) is 4.74 Å². The zero-order valence-corrected chi connectivity index (χ0v) is 28.2. The lowest BCUT2D eigenvalue weighted by atomic mass is 9.33. The summed E-state index contributed by atoms with van der Waals surface area (Å²) in [5.41, 5.74) is 13.9. The molecule has 0 saturated carbocycles. The van der Waals surface area contributed by atoms with Crippen molar-refractivity contribution in [3.63, 3.8) is 0 Å². The zero-order valence-electron chi connectivity index (χ0n) is 28.2. The van der Waals surface area contributed by atoms with E-state index in [1.807, 2.05) is 0 Å². The smallest absolute Gasteiger partial charge is 0.257 e. The van der Waals surface area contributed by atoms with Crippen molar-refractivity contribution >= 4 is 68.0 Å². The van der Waals surface area contributed by atoms with Crippen LogP contribution in [0.4, 0.5) is 34.1 Å². The van der Waals surface area contributed by atoms with Crippen molar-refractivity contribution in [2.75, 3.05) is 9.80 Å². The molecule has 2 aliphatic rings. The van der Waals surface area contributed by atoms with E-state index in [1.165, 1.54) is 38.4 Å². The van der Waals surface area contributed by atoms with Crippen LogP contribution >= 0.6 is 0 Å². The van der Waals surface area contributed by atoms with Crippen LogP contribution in [0.15, 0.2) is 182 Å². The minimum absolute atomic E-state index is 0.0278. The Hall–Kier alpha value is -6.52. The van der Waals surface area contributed by atoms with Crippen molar-refractivity contribution in [1.29, 1.82) is 0 Å². The highest BCUT2D eigenvalue weighted by Gasteiger charge is 2.43. The normalized spacial score (nSPS) is 12.5. The Labute approximate surface area is 298 Å². The van der Waals surface area contributed by atoms with Gasteiger partial charge in [0, 0.05) is 33.8 Å². The average molecular weight is 653 g/mol. The first-order valence-corrected chi connectivity index (χ1v) is 17.6. The Bertz CT molecular complexity index is 2530. The maximum Gasteiger partial charge on any atom is 0.257 e. The molecule has 3 nitrogen and oxygen atoms in total. The van der Waals surface area contributed by atoms with E-state index in [-0.39, 0.29) is 6.71 Å². The summed E-state index contributed by atoms with van der Waals surface area (Å²) in [6.07, 6.45) is 0. The quantitative estimate of drug-likeness (QED) is 0.172. The van der Waals surface area contributed by atoms with E-state index in [2.05, 4.69) is 199 Å². The number of fused-ring (bicyclic) bond motifs is 6. The van der Waals surface area contributed by atoms with Crippen LogP contribution in [0.5, 0.6) is 11.5 Å². The zero-order chi connectivity index (χ0) is 33.9. The lowest BCUT2D eigenvalue weighted by molar-refractivity contribution is 0.487. The molecule has 2 aliphatic heterocycles. The van der Waals surface area contributed by atoms with Gasteiger partial charge in [0.2, 0.25) is 0 Å². The van der Waals surface area contributed by atoms with Crippen LogP contribution in [-0.2, 0) is 0 Å². The number of aryl methyl sites for hydroxylation is 1. The molecule has 0 aliphatic carbocycles. The van der Waals surface area contributed by atoms with E-state index in [0.717, 1.165) is 51.1 Å². The first-order chi connectivity index (χ1) is 25.2. The van der Waals surface area contributed by atoms with E-state index < -0.39 is 0 Å². The maximum absolute atomic E-state index is 6.92. The van der Waals surface area contributed by atoms with Crippen LogP contribution in [0.25, 0.3) is 21.9 Å². The SMILES string of the molecule is Cc1cc2c3c(c1)N(c1ccccc1)c1cc(N(c4ccccc4)c4ccccc4)c4ccccc4c1B3c1ccc(-c3ccccc3)cc1O2. The molecule has 2 heterocycles. The first-order valence-electron chi connectivity index (χ1n) is 17.6. The Kier molecular flexibility index (Phi) is 6.82. The Morgan fingerprint density at radius 3 is 1.76 bits per heavy atom. The van der Waals surface area contributed by atoms with E-state index in [1.54, 1.807) is 0 Å². The van der Waals surface area contributed by atoms with Crippen LogP contribution in [0.3, 0.4) is 0 Å². The molecule has 0 spiro atoms. The highest BCUT2D eigenvalue weighted by molar-refractivity contribution is 7.00. The molecule has 8 aromatic rings. The molecule has 8 aromatic carbocycles. The molecule has 0 atom stereocenters. The third-order valence-electron chi connectivity index (χ3n) is 10.3. The van der Waals surface area contributed by atoms with Crippen molar-refractivity contribution in [1.82, 2.24) is 0 Å². The van der Waals surface area contributed by atoms with Gasteiger partial charge < -0.3 is 14.5 Å². The van der Waals surface area contributed by atoms with Crippen LogP contribution in [0.1, 0.15) is 5.56 Å². The van der Waals surface area contributed by atoms with Crippen molar-refractivity contribution in [2.45, 2.75) is 6.92 Å². The number of anilines is 6. The van der Waals surface area contributed by atoms with Crippen LogP contribution in [-0.4, -0.2) is 6.71 Å². The molecule has 0 unspecified atom stereocenters. The largest absolute Gasteiger partial charge is 0.458 e. The predicted octanol–water partition coefficient (Wildman–Crippen LogP) is 10.7. The Balaban J connectivity index is 1.31. The van der Waals surface area contributed by atoms with Crippen molar-refractivity contribution < 1.29 is 4.74 Å². The van der Waals surface area contributed by atoms with Crippen molar-refractivity contribution in [3.05, 3.63) is 188 Å². The predicted molar refractivity (Wildman–Crippen MR) is 215 cm³/mol. The minimum Gasteiger partial charge on any atom is -0.458 e. The molecule has 0 fully saturated rings. The molecule has 10 rings (SSSR count). The fourth-order valence-corrected chi connectivity index (χ4v) is 8.15. The maximum atomic E-state index is 6.92. The second-order valence-corrected chi connectivity index (χ2v) is 13.4. The fraction of sp³-hybridized carbons (Fsp3) is 0.0213. The highest BCUT2D eigenvalue weighted by Crippen LogP contribution is 2.47. The molecule has 0 radical (unpaired) electrons. The summed E-state index contributed by atoms with van der Waals surface area (Å²) in [5.74, 6) is 1.83. The molecule has 0 N–H and O–H groups in total. The lowest BCUT2D eigenvalue weighted by Crippen LogP contribution is -2.59. The molecular weight excluding hydrogens is 619 g/mol. The summed E-state index contributed by atoms with van der Waals surface area (Å²) in [5, 5.41) is 2.42. The van der Waals surface area contributed by atoms with Gasteiger partial charge in [-0.25, -0.2) is 0 Å². The van der Waals surface area contributed by atoms with Gasteiger partial charge in [-0.05, 0) is 106 Å². The molecule has 0 bridgehead atoms. The Morgan fingerprint density at radius 2 is 1.08 bits per heavy atom. The van der Waals surface area contributed by atoms with Gasteiger partial charge in [-0.2, -0.15) is 0 Å². The molecule has 51 heavy (non-hydrogen) atoms. The third kappa shape index (κ3) is 4.75. The molecule has 0 amide bonds. The standard InChI is InChI=1S/C47H33BN2O/c1-32-28-42-47-45(29-32)51-44-30-34(33-16-6-2-7-17-33)26-27-40(44)48(47)46-39-25-15-14-24-38(39)41(31-43(46)50(42)37-22-12-5-13-23-37)49(35-18-8-3-9-19-35)36-20-10-4-11-21-36/h2-31H,1H3. The topological polar surface area (TPSA) is 15.7 Å². The summed E-state index contributed by atoms with van der Waals surface area (Å²) in [7, 11) is 0. The van der Waals surface area contributed by atoms with Crippen LogP contribution in [0, 0.1) is 6.92 Å². The van der Waals surface area contributed by atoms with Gasteiger partial charge in [-0.15, -0.1) is 0 Å². The number of benzene rings is 8. The van der Waals surface area contributed by atoms with E-state index in [0.29, 0.717) is 0 Å². The average Bonchev–Trinajstić information content (AvgIpc) is 3.19. The fourth-order valence-electron chi connectivity index (χ4n) is 8.15. The number of ether oxygens (including phenoxy) is 1. The molecular formula is C47H33BN2O. The summed E-state index contributed by atoms with van der Waals surface area (Å²) in [6, 6.07) is 65.4. The van der Waals surface area contributed by atoms with Gasteiger partial charge in [0.25, 0.3) is 6.71 Å². The van der Waals surface area contributed by atoms with Crippen LogP contribution < -0.4 is 30.9 Å². The number of nitrogens with zero attached hydrogens (tertiary/aromatic N) is 2. The molecule has 0 saturated heterocycles. The van der Waals surface area contributed by atoms with Gasteiger partial charge in [0.05, 0.1) is 5.69 Å². The molecule has 240 valence electrons. The van der Waals surface area contributed by atoms with Crippen molar-refractivity contribution in [3.8, 4) is 22.6 Å². The van der Waals surface area contributed by atoms with Gasteiger partial charge in [-0.3, -0.25) is 0 Å². The minimum atomic E-state index is -0.0278. The van der Waals surface area contributed by atoms with E-state index in [9.17, 15) is 0 Å². The highest BCUT2D eigenvalue weighted by atomic mass is 16.5. The lowest BCUT2D eigenvalue weighted by Gasteiger charge is -2.42. The van der Waals surface area contributed by atoms with Gasteiger partial charge in [0.15, 0.2) is 0 Å². The Morgan fingerprint density at radius 1 is 0.490 bits per heavy atom. The number of para-hydroxylation sites is 3. The number of rotatable bonds is 5. The summed E-state index contributed by atoms with van der Waals surface area (Å²) >= 11 is 0. The van der Waals surface area contributed by atoms with Crippen molar-refractivity contribution in [2.24, 2.45) is 0 Å². The first kappa shape index (κ1) is 29.4. The third-order valence-corrected chi connectivity index (χ3v) is 10.3. The summed E-state index contributed by atoms with van der Waals surface area (Å²) in [4.78, 5) is 4.85. The van der Waals surface area contributed by atoms with Gasteiger partial charge in [-0.1, -0.05) is 121 Å². The second kappa shape index (κ2) is 11.8. The van der Waals surface area contributed by atoms with Gasteiger partial charge in [0.1, 0.15) is 11.5 Å². The second-order valence-electron chi connectivity index (χ2n) is 13.4. The molecule has 0 aromatic heterocycles. The summed E-state index contributed by atoms with van der Waals surface area (Å²) < 4.78 is 6.92. The monoisotopic (exact) mass is 652 g/mol. The van der Waals surface area contributed by atoms with Gasteiger partial charge >= 0.3 is 0 Å².